The minimum absolute atomic E-state index is 0.260. The fourth-order valence-electron chi connectivity index (χ4n) is 2.27. The van der Waals surface area contributed by atoms with Crippen LogP contribution in [0, 0.1) is 0 Å². The van der Waals surface area contributed by atoms with Gasteiger partial charge in [-0.2, -0.15) is 0 Å². The van der Waals surface area contributed by atoms with Crippen molar-refractivity contribution in [3.05, 3.63) is 62.5 Å². The van der Waals surface area contributed by atoms with E-state index in [9.17, 15) is 0 Å². The second kappa shape index (κ2) is 7.97. The monoisotopic (exact) mass is 411 g/mol. The second-order valence-electron chi connectivity index (χ2n) is 4.79. The number of halogens is 2. The highest BCUT2D eigenvalue weighted by atomic mass is 79.9. The van der Waals surface area contributed by atoms with Crippen LogP contribution in [0.3, 0.4) is 0 Å². The summed E-state index contributed by atoms with van der Waals surface area (Å²) in [5.74, 6) is 0.895. The molecular formula is C17H19Br2NO. The van der Waals surface area contributed by atoms with E-state index >= 15 is 0 Å². The summed E-state index contributed by atoms with van der Waals surface area (Å²) >= 11 is 7.13. The molecule has 2 aromatic rings. The van der Waals surface area contributed by atoms with Crippen LogP contribution in [0.1, 0.15) is 24.1 Å². The molecule has 0 aliphatic carbocycles. The number of likely N-dealkylation sites (N-methyl/N-ethyl adjacent to an activating group) is 1. The van der Waals surface area contributed by atoms with Crippen molar-refractivity contribution in [2.45, 2.75) is 19.4 Å². The molecule has 0 saturated carbocycles. The fourth-order valence-corrected chi connectivity index (χ4v) is 3.17. The third-order valence-electron chi connectivity index (χ3n) is 3.36. The molecule has 0 fully saturated rings. The van der Waals surface area contributed by atoms with Gasteiger partial charge in [-0.05, 0) is 55.8 Å². The Hall–Kier alpha value is -0.840. The molecule has 0 aromatic heterocycles. The average Bonchev–Trinajstić information content (AvgIpc) is 2.48. The van der Waals surface area contributed by atoms with Gasteiger partial charge in [-0.1, -0.05) is 50.1 Å². The number of ether oxygens (including phenoxy) is 1. The number of rotatable bonds is 6. The van der Waals surface area contributed by atoms with Gasteiger partial charge in [0, 0.05) is 15.0 Å². The maximum absolute atomic E-state index is 5.53. The molecule has 0 aliphatic heterocycles. The molecule has 0 heterocycles. The predicted octanol–water partition coefficient (Wildman–Crippen LogP) is 5.11. The first kappa shape index (κ1) is 16.5. The summed E-state index contributed by atoms with van der Waals surface area (Å²) in [7, 11) is 1.99. The Kier molecular flexibility index (Phi) is 6.27. The molecule has 2 nitrogen and oxygen atoms in total. The topological polar surface area (TPSA) is 21.3 Å². The molecule has 1 atom stereocenters. The van der Waals surface area contributed by atoms with Gasteiger partial charge in [-0.3, -0.25) is 0 Å². The minimum atomic E-state index is 0.260. The van der Waals surface area contributed by atoms with Gasteiger partial charge in [-0.15, -0.1) is 0 Å². The van der Waals surface area contributed by atoms with Crippen LogP contribution in [0.2, 0.25) is 0 Å². The highest BCUT2D eigenvalue weighted by Gasteiger charge is 2.14. The van der Waals surface area contributed by atoms with Crippen LogP contribution in [0.4, 0.5) is 0 Å². The number of benzene rings is 2. The van der Waals surface area contributed by atoms with E-state index in [0.29, 0.717) is 6.61 Å². The maximum Gasteiger partial charge on any atom is 0.120 e. The smallest absolute Gasteiger partial charge is 0.120 e. The van der Waals surface area contributed by atoms with E-state index in [2.05, 4.69) is 67.5 Å². The lowest BCUT2D eigenvalue weighted by Gasteiger charge is -2.19. The predicted molar refractivity (Wildman–Crippen MR) is 95.0 cm³/mol. The van der Waals surface area contributed by atoms with E-state index in [0.717, 1.165) is 21.1 Å². The van der Waals surface area contributed by atoms with E-state index in [-0.39, 0.29) is 6.04 Å². The van der Waals surface area contributed by atoms with E-state index in [1.54, 1.807) is 0 Å². The first-order chi connectivity index (χ1) is 10.1. The third kappa shape index (κ3) is 4.56. The van der Waals surface area contributed by atoms with Crippen LogP contribution in [0.5, 0.6) is 5.75 Å². The van der Waals surface area contributed by atoms with Crippen LogP contribution >= 0.6 is 31.9 Å². The van der Waals surface area contributed by atoms with Gasteiger partial charge in [0.25, 0.3) is 0 Å². The highest BCUT2D eigenvalue weighted by molar-refractivity contribution is 9.10. The lowest BCUT2D eigenvalue weighted by atomic mass is 9.99. The Bertz CT molecular complexity index is 584. The Labute approximate surface area is 143 Å². The summed E-state index contributed by atoms with van der Waals surface area (Å²) in [5.41, 5.74) is 2.54. The summed E-state index contributed by atoms with van der Waals surface area (Å²) < 4.78 is 7.71. The van der Waals surface area contributed by atoms with Crippen LogP contribution in [-0.2, 0) is 6.42 Å². The van der Waals surface area contributed by atoms with Crippen molar-refractivity contribution < 1.29 is 4.74 Å². The van der Waals surface area contributed by atoms with Gasteiger partial charge in [0.2, 0.25) is 0 Å². The van der Waals surface area contributed by atoms with Gasteiger partial charge in [0.05, 0.1) is 6.61 Å². The first-order valence-corrected chi connectivity index (χ1v) is 8.56. The van der Waals surface area contributed by atoms with Crippen molar-refractivity contribution in [3.8, 4) is 5.75 Å². The van der Waals surface area contributed by atoms with E-state index < -0.39 is 0 Å². The van der Waals surface area contributed by atoms with Crippen molar-refractivity contribution in [2.75, 3.05) is 13.7 Å². The lowest BCUT2D eigenvalue weighted by molar-refractivity contribution is 0.340. The van der Waals surface area contributed by atoms with Crippen molar-refractivity contribution in [3.63, 3.8) is 0 Å². The molecule has 112 valence electrons. The number of hydrogen-bond acceptors (Lipinski definition) is 2. The zero-order valence-electron chi connectivity index (χ0n) is 12.2. The largest absolute Gasteiger partial charge is 0.494 e. The number of nitrogens with one attached hydrogen (secondary N) is 1. The molecule has 0 bridgehead atoms. The van der Waals surface area contributed by atoms with E-state index in [4.69, 9.17) is 4.74 Å². The number of hydrogen-bond donors (Lipinski definition) is 1. The Morgan fingerprint density at radius 2 is 1.81 bits per heavy atom. The van der Waals surface area contributed by atoms with Gasteiger partial charge >= 0.3 is 0 Å². The quantitative estimate of drug-likeness (QED) is 0.711. The molecule has 0 amide bonds. The molecule has 1 unspecified atom stereocenters. The maximum atomic E-state index is 5.53. The summed E-state index contributed by atoms with van der Waals surface area (Å²) in [6.07, 6.45) is 0.941. The SMILES string of the molecule is CCOc1ccc(C(Cc2ccc(Br)cc2)NC)c(Br)c1. The van der Waals surface area contributed by atoms with Gasteiger partial charge in [0.1, 0.15) is 5.75 Å². The average molecular weight is 413 g/mol. The van der Waals surface area contributed by atoms with Gasteiger partial charge in [0.15, 0.2) is 0 Å². The molecule has 0 saturated heterocycles. The molecule has 4 heteroatoms. The summed E-state index contributed by atoms with van der Waals surface area (Å²) in [6.45, 7) is 2.67. The molecule has 0 spiro atoms. The molecule has 2 aromatic carbocycles. The second-order valence-corrected chi connectivity index (χ2v) is 6.56. The highest BCUT2D eigenvalue weighted by Crippen LogP contribution is 2.29. The standard InChI is InChI=1S/C17H19Br2NO/c1-3-21-14-8-9-15(16(19)11-14)17(20-2)10-12-4-6-13(18)7-5-12/h4-9,11,17,20H,3,10H2,1-2H3. The van der Waals surface area contributed by atoms with E-state index in [1.807, 2.05) is 26.1 Å². The zero-order valence-corrected chi connectivity index (χ0v) is 15.4. The van der Waals surface area contributed by atoms with Crippen LogP contribution < -0.4 is 10.1 Å². The molecular weight excluding hydrogens is 394 g/mol. The fraction of sp³-hybridized carbons (Fsp3) is 0.294. The third-order valence-corrected chi connectivity index (χ3v) is 4.58. The molecule has 0 radical (unpaired) electrons. The normalized spacial score (nSPS) is 12.2. The molecule has 2 rings (SSSR count). The van der Waals surface area contributed by atoms with Gasteiger partial charge in [-0.25, -0.2) is 0 Å². The first-order valence-electron chi connectivity index (χ1n) is 6.98. The van der Waals surface area contributed by atoms with Crippen molar-refractivity contribution in [1.82, 2.24) is 5.32 Å². The Balaban J connectivity index is 2.18. The minimum Gasteiger partial charge on any atom is -0.494 e. The van der Waals surface area contributed by atoms with E-state index in [1.165, 1.54) is 11.1 Å². The Morgan fingerprint density at radius 3 is 2.38 bits per heavy atom. The van der Waals surface area contributed by atoms with Crippen molar-refractivity contribution in [2.24, 2.45) is 0 Å². The molecule has 0 aliphatic rings. The lowest BCUT2D eigenvalue weighted by Crippen LogP contribution is -2.19. The Morgan fingerprint density at radius 1 is 1.10 bits per heavy atom. The van der Waals surface area contributed by atoms with Gasteiger partial charge < -0.3 is 10.1 Å². The van der Waals surface area contributed by atoms with Crippen LogP contribution in [0.25, 0.3) is 0 Å². The molecule has 1 N–H and O–H groups in total. The van der Waals surface area contributed by atoms with Crippen LogP contribution in [-0.4, -0.2) is 13.7 Å². The molecule has 21 heavy (non-hydrogen) atoms. The zero-order chi connectivity index (χ0) is 15.2. The summed E-state index contributed by atoms with van der Waals surface area (Å²) in [4.78, 5) is 0. The van der Waals surface area contributed by atoms with Crippen molar-refractivity contribution in [1.29, 1.82) is 0 Å². The van der Waals surface area contributed by atoms with Crippen molar-refractivity contribution >= 4 is 31.9 Å². The summed E-state index contributed by atoms with van der Waals surface area (Å²) in [5, 5.41) is 3.39. The summed E-state index contributed by atoms with van der Waals surface area (Å²) in [6, 6.07) is 14.9. The van der Waals surface area contributed by atoms with Crippen LogP contribution in [0.15, 0.2) is 51.4 Å².